The smallest absolute Gasteiger partial charge is 0.277 e. The van der Waals surface area contributed by atoms with Crippen LogP contribution in [-0.2, 0) is 4.79 Å². The van der Waals surface area contributed by atoms with Gasteiger partial charge in [-0.3, -0.25) is 4.79 Å². The number of amides is 1. The summed E-state index contributed by atoms with van der Waals surface area (Å²) in [5.41, 5.74) is 6.30. The molecule has 2 aromatic heterocycles. The van der Waals surface area contributed by atoms with Crippen molar-refractivity contribution in [2.75, 3.05) is 13.2 Å². The number of fused-ring (bicyclic) bond motifs is 1. The van der Waals surface area contributed by atoms with Crippen molar-refractivity contribution in [1.29, 1.82) is 0 Å². The molecule has 0 bridgehead atoms. The first-order chi connectivity index (χ1) is 14.1. The van der Waals surface area contributed by atoms with E-state index in [1.54, 1.807) is 18.2 Å². The number of ether oxygens (including phenoxy) is 2. The maximum Gasteiger partial charge on any atom is 0.277 e. The molecule has 2 aromatic carbocycles. The van der Waals surface area contributed by atoms with E-state index in [1.165, 1.54) is 0 Å². The Bertz CT molecular complexity index is 1170. The van der Waals surface area contributed by atoms with Crippen molar-refractivity contribution < 1.29 is 18.8 Å². The lowest BCUT2D eigenvalue weighted by atomic mass is 10.1. The van der Waals surface area contributed by atoms with Crippen LogP contribution < -0.4 is 15.2 Å². The molecule has 146 valence electrons. The number of nitrogens with zero attached hydrogens (tertiary/aromatic N) is 3. The van der Waals surface area contributed by atoms with Gasteiger partial charge in [0.2, 0.25) is 11.7 Å². The van der Waals surface area contributed by atoms with Crippen LogP contribution in [0.3, 0.4) is 0 Å². The molecule has 4 rings (SSSR count). The van der Waals surface area contributed by atoms with E-state index in [0.717, 1.165) is 10.8 Å². The zero-order valence-corrected chi connectivity index (χ0v) is 15.7. The average molecular weight is 390 g/mol. The van der Waals surface area contributed by atoms with Gasteiger partial charge >= 0.3 is 0 Å². The van der Waals surface area contributed by atoms with Gasteiger partial charge < -0.3 is 19.7 Å². The first kappa shape index (κ1) is 18.4. The Hall–Kier alpha value is -3.94. The summed E-state index contributed by atoms with van der Waals surface area (Å²) in [6.07, 6.45) is 0. The fraction of sp³-hybridized carbons (Fsp3) is 0.143. The van der Waals surface area contributed by atoms with E-state index in [-0.39, 0.29) is 12.5 Å². The van der Waals surface area contributed by atoms with Gasteiger partial charge in [0.1, 0.15) is 11.4 Å². The van der Waals surface area contributed by atoms with Crippen LogP contribution in [0, 0.1) is 0 Å². The molecular weight excluding hydrogens is 372 g/mol. The minimum atomic E-state index is -0.551. The molecule has 8 heteroatoms. The number of aromatic nitrogens is 3. The highest BCUT2D eigenvalue weighted by Crippen LogP contribution is 2.30. The first-order valence-electron chi connectivity index (χ1n) is 9.02. The number of rotatable bonds is 7. The van der Waals surface area contributed by atoms with E-state index in [0.29, 0.717) is 35.3 Å². The van der Waals surface area contributed by atoms with E-state index < -0.39 is 5.91 Å². The minimum absolute atomic E-state index is 0.206. The molecule has 0 radical (unpaired) electrons. The van der Waals surface area contributed by atoms with Crippen LogP contribution >= 0.6 is 0 Å². The summed E-state index contributed by atoms with van der Waals surface area (Å²) in [4.78, 5) is 19.9. The molecule has 0 aliphatic carbocycles. The van der Waals surface area contributed by atoms with Crippen molar-refractivity contribution in [2.24, 2.45) is 5.73 Å². The Labute approximate surface area is 166 Å². The number of hydrogen-bond donors (Lipinski definition) is 1. The fourth-order valence-corrected chi connectivity index (χ4v) is 2.85. The van der Waals surface area contributed by atoms with E-state index in [4.69, 9.17) is 19.7 Å². The quantitative estimate of drug-likeness (QED) is 0.515. The predicted molar refractivity (Wildman–Crippen MR) is 106 cm³/mol. The Morgan fingerprint density at radius 2 is 1.93 bits per heavy atom. The second-order valence-corrected chi connectivity index (χ2v) is 6.17. The van der Waals surface area contributed by atoms with Crippen molar-refractivity contribution in [3.8, 4) is 34.6 Å². The molecule has 0 saturated carbocycles. The number of nitrogens with two attached hydrogens (primary N) is 1. The third-order valence-electron chi connectivity index (χ3n) is 4.10. The molecule has 2 heterocycles. The third kappa shape index (κ3) is 4.01. The van der Waals surface area contributed by atoms with Gasteiger partial charge in [0.05, 0.1) is 6.61 Å². The molecule has 0 saturated heterocycles. The molecule has 8 nitrogen and oxygen atoms in total. The van der Waals surface area contributed by atoms with Crippen LogP contribution in [0.4, 0.5) is 0 Å². The van der Waals surface area contributed by atoms with Crippen molar-refractivity contribution in [3.63, 3.8) is 0 Å². The second-order valence-electron chi connectivity index (χ2n) is 6.17. The number of carbonyl (C=O) groups excluding carboxylic acids is 1. The van der Waals surface area contributed by atoms with E-state index in [2.05, 4.69) is 15.1 Å². The zero-order chi connectivity index (χ0) is 20.2. The van der Waals surface area contributed by atoms with Gasteiger partial charge in [0.25, 0.3) is 11.8 Å². The maximum atomic E-state index is 10.9. The largest absolute Gasteiger partial charge is 0.484 e. The van der Waals surface area contributed by atoms with Crippen molar-refractivity contribution in [1.82, 2.24) is 15.1 Å². The van der Waals surface area contributed by atoms with Crippen molar-refractivity contribution >= 4 is 16.7 Å². The van der Waals surface area contributed by atoms with Crippen LogP contribution in [0.1, 0.15) is 6.92 Å². The third-order valence-corrected chi connectivity index (χ3v) is 4.10. The summed E-state index contributed by atoms with van der Waals surface area (Å²) in [5, 5.41) is 5.92. The van der Waals surface area contributed by atoms with Crippen molar-refractivity contribution in [2.45, 2.75) is 6.92 Å². The van der Waals surface area contributed by atoms with Crippen LogP contribution in [-0.4, -0.2) is 34.2 Å². The lowest BCUT2D eigenvalue weighted by Gasteiger charge is -2.07. The summed E-state index contributed by atoms with van der Waals surface area (Å²) < 4.78 is 16.4. The van der Waals surface area contributed by atoms with Gasteiger partial charge in [0.15, 0.2) is 6.61 Å². The number of carbonyl (C=O) groups is 1. The maximum absolute atomic E-state index is 10.9. The van der Waals surface area contributed by atoms with Gasteiger partial charge in [0, 0.05) is 10.9 Å². The summed E-state index contributed by atoms with van der Waals surface area (Å²) in [7, 11) is 0. The Morgan fingerprint density at radius 1 is 1.07 bits per heavy atom. The summed E-state index contributed by atoms with van der Waals surface area (Å²) >= 11 is 0. The molecule has 0 aliphatic rings. The first-order valence-corrected chi connectivity index (χ1v) is 9.02. The molecule has 29 heavy (non-hydrogen) atoms. The second kappa shape index (κ2) is 7.97. The van der Waals surface area contributed by atoms with Crippen LogP contribution in [0.15, 0.2) is 59.1 Å². The Kier molecular flexibility index (Phi) is 5.07. The molecule has 0 unspecified atom stereocenters. The van der Waals surface area contributed by atoms with Gasteiger partial charge in [-0.1, -0.05) is 35.5 Å². The zero-order valence-electron chi connectivity index (χ0n) is 15.7. The average Bonchev–Trinajstić information content (AvgIpc) is 3.23. The number of primary amides is 1. The van der Waals surface area contributed by atoms with E-state index in [1.807, 2.05) is 43.3 Å². The van der Waals surface area contributed by atoms with E-state index >= 15 is 0 Å². The summed E-state index contributed by atoms with van der Waals surface area (Å²) in [6, 6.07) is 16.7. The number of benzene rings is 2. The molecule has 0 aliphatic heterocycles. The highest BCUT2D eigenvalue weighted by molar-refractivity contribution is 5.89. The normalized spacial score (nSPS) is 10.8. The monoisotopic (exact) mass is 390 g/mol. The molecule has 4 aromatic rings. The number of pyridine rings is 1. The Morgan fingerprint density at radius 3 is 2.76 bits per heavy atom. The predicted octanol–water partition coefficient (Wildman–Crippen LogP) is 3.21. The minimum Gasteiger partial charge on any atom is -0.484 e. The number of hydrogen-bond acceptors (Lipinski definition) is 7. The van der Waals surface area contributed by atoms with Crippen molar-refractivity contribution in [3.05, 3.63) is 54.6 Å². The molecule has 0 fully saturated rings. The molecular formula is C21H18N4O4. The lowest BCUT2D eigenvalue weighted by molar-refractivity contribution is -0.119. The highest BCUT2D eigenvalue weighted by Gasteiger charge is 2.15. The van der Waals surface area contributed by atoms with E-state index in [9.17, 15) is 4.79 Å². The summed E-state index contributed by atoms with van der Waals surface area (Å²) in [5.74, 6) is 1.09. The standard InChI is InChI=1S/C21H18N4O4/c1-2-27-20-16-9-4-3-6-13(16)11-17(23-20)21-24-19(25-29-21)14-7-5-8-15(10-14)28-12-18(22)26/h3-11H,2,12H2,1H3,(H2,22,26). The molecule has 2 N–H and O–H groups in total. The van der Waals surface area contributed by atoms with Gasteiger partial charge in [-0.25, -0.2) is 4.98 Å². The topological polar surface area (TPSA) is 113 Å². The Balaban J connectivity index is 1.67. The molecule has 1 amide bonds. The summed E-state index contributed by atoms with van der Waals surface area (Å²) in [6.45, 7) is 2.19. The highest BCUT2D eigenvalue weighted by atomic mass is 16.5. The van der Waals surface area contributed by atoms with Crippen LogP contribution in [0.5, 0.6) is 11.6 Å². The molecule has 0 atom stereocenters. The van der Waals surface area contributed by atoms with Gasteiger partial charge in [-0.2, -0.15) is 4.98 Å². The lowest BCUT2D eigenvalue weighted by Crippen LogP contribution is -2.19. The van der Waals surface area contributed by atoms with Crippen LogP contribution in [0.25, 0.3) is 33.7 Å². The van der Waals surface area contributed by atoms with Gasteiger partial charge in [-0.05, 0) is 36.6 Å². The van der Waals surface area contributed by atoms with Crippen LogP contribution in [0.2, 0.25) is 0 Å². The fourth-order valence-electron chi connectivity index (χ4n) is 2.85. The molecule has 0 spiro atoms. The SMILES string of the molecule is CCOc1nc(-c2nc(-c3cccc(OCC(N)=O)c3)no2)cc2ccccc12. The van der Waals surface area contributed by atoms with Gasteiger partial charge in [-0.15, -0.1) is 0 Å².